The number of aryl methyl sites for hydroxylation is 1. The molecule has 0 saturated heterocycles. The van der Waals surface area contributed by atoms with Crippen molar-refractivity contribution < 1.29 is 9.59 Å². The predicted molar refractivity (Wildman–Crippen MR) is 376 cm³/mol. The minimum atomic E-state index is -0.138. The molecule has 0 fully saturated rings. The number of aromatic nitrogens is 9. The van der Waals surface area contributed by atoms with Crippen LogP contribution in [0, 0.1) is 36.2 Å². The second kappa shape index (κ2) is 32.4. The zero-order valence-corrected chi connectivity index (χ0v) is 51.7. The molecule has 12 rings (SSSR count). The maximum atomic E-state index is 11.3. The van der Waals surface area contributed by atoms with E-state index in [2.05, 4.69) is 120 Å². The molecule has 0 spiro atoms. The fourth-order valence-electron chi connectivity index (χ4n) is 8.55. The van der Waals surface area contributed by atoms with E-state index in [0.29, 0.717) is 80.9 Å². The fraction of sp³-hybridized carbons (Fsp3) is 0.0423. The van der Waals surface area contributed by atoms with Gasteiger partial charge in [-0.3, -0.25) is 9.59 Å². The topological polar surface area (TPSA) is 334 Å². The Morgan fingerprint density at radius 2 is 0.500 bits per heavy atom. The lowest BCUT2D eigenvalue weighted by Gasteiger charge is -2.12. The highest BCUT2D eigenvalue weighted by molar-refractivity contribution is 5.89. The van der Waals surface area contributed by atoms with Crippen LogP contribution in [-0.4, -0.2) is 56.7 Å². The molecular formula is C71H59N23O2. The van der Waals surface area contributed by atoms with E-state index in [0.717, 1.165) is 39.7 Å². The monoisotopic (exact) mass is 1270 g/mol. The Balaban J connectivity index is 0.000000158. The molecule has 0 atom stereocenters. The lowest BCUT2D eigenvalue weighted by Crippen LogP contribution is -2.08. The highest BCUT2D eigenvalue weighted by Crippen LogP contribution is 2.27. The van der Waals surface area contributed by atoms with Gasteiger partial charge in [0, 0.05) is 76.4 Å². The average molecular weight is 1270 g/mol. The number of nitrogens with zero attached hydrogens (tertiary/aromatic N) is 12. The molecule has 0 aliphatic carbocycles. The van der Waals surface area contributed by atoms with E-state index in [1.807, 2.05) is 146 Å². The molecule has 0 saturated carbocycles. The van der Waals surface area contributed by atoms with Gasteiger partial charge < -0.3 is 58.5 Å². The third-order valence-corrected chi connectivity index (χ3v) is 13.0. The van der Waals surface area contributed by atoms with Crippen molar-refractivity contribution in [2.75, 3.05) is 58.5 Å². The fourth-order valence-corrected chi connectivity index (χ4v) is 8.55. The molecule has 0 unspecified atom stereocenters. The average Bonchev–Trinajstić information content (AvgIpc) is 0.889. The molecular weight excluding hydrogens is 1210 g/mol. The van der Waals surface area contributed by atoms with E-state index in [-0.39, 0.29) is 29.7 Å². The van der Waals surface area contributed by atoms with Gasteiger partial charge in [0.25, 0.3) is 0 Å². The highest BCUT2D eigenvalue weighted by atomic mass is 16.2. The smallest absolute Gasteiger partial charge is 0.233 e. The summed E-state index contributed by atoms with van der Waals surface area (Å²) < 4.78 is 0. The van der Waals surface area contributed by atoms with Crippen LogP contribution in [0.5, 0.6) is 0 Å². The van der Waals surface area contributed by atoms with Gasteiger partial charge in [-0.15, -0.1) is 0 Å². The van der Waals surface area contributed by atoms with Crippen LogP contribution in [0.25, 0.3) is 4.85 Å². The van der Waals surface area contributed by atoms with Crippen LogP contribution < -0.4 is 58.5 Å². The van der Waals surface area contributed by atoms with Crippen LogP contribution in [0.2, 0.25) is 0 Å². The quantitative estimate of drug-likeness (QED) is 0.0316. The van der Waals surface area contributed by atoms with Crippen LogP contribution in [0.4, 0.5) is 122 Å². The first-order chi connectivity index (χ1) is 46.8. The number of anilines is 20. The third kappa shape index (κ3) is 20.3. The van der Waals surface area contributed by atoms with Crippen molar-refractivity contribution in [3.05, 3.63) is 265 Å². The Morgan fingerprint density at radius 1 is 0.302 bits per heavy atom. The molecule has 0 aliphatic rings. The van der Waals surface area contributed by atoms with Gasteiger partial charge in [0.15, 0.2) is 5.69 Å². The number of nitriles is 2. The number of nitrogens with one attached hydrogen (secondary N) is 11. The predicted octanol–water partition coefficient (Wildman–Crippen LogP) is 15.8. The van der Waals surface area contributed by atoms with Crippen LogP contribution in [0.3, 0.4) is 0 Å². The largest absolute Gasteiger partial charge is 0.326 e. The second-order valence-corrected chi connectivity index (χ2v) is 20.6. The molecule has 9 aromatic carbocycles. The van der Waals surface area contributed by atoms with Gasteiger partial charge in [-0.25, -0.2) is 4.85 Å². The molecule has 0 aliphatic heterocycles. The summed E-state index contributed by atoms with van der Waals surface area (Å²) in [4.78, 5) is 66.1. The van der Waals surface area contributed by atoms with Crippen LogP contribution >= 0.6 is 0 Å². The second-order valence-electron chi connectivity index (χ2n) is 20.6. The SMILES string of the molecule is CC(=O)Nc1ccc(Nc2nc(Nc3ccc(C)cc3)nc(Nc3ccc(NC(C)=O)cc3)n2)cc1.[C-]#[N+]c1ccc(Nc2nc(Nc3ccc(C#N)cc3)nc(Nc3ccc(C#N)cc3)n2)cc1.c1ccc(Nc2nc(Nc3ccccc3)nc(Nc3ccccc3)n2)cc1. The Labute approximate surface area is 552 Å². The molecule has 96 heavy (non-hydrogen) atoms. The Hall–Kier alpha value is -14.4. The van der Waals surface area contributed by atoms with Crippen molar-refractivity contribution in [2.45, 2.75) is 20.8 Å². The zero-order chi connectivity index (χ0) is 66.9. The van der Waals surface area contributed by atoms with Gasteiger partial charge in [-0.05, 0) is 165 Å². The summed E-state index contributed by atoms with van der Waals surface area (Å²) in [5, 5.41) is 52.0. The van der Waals surface area contributed by atoms with E-state index in [9.17, 15) is 9.59 Å². The van der Waals surface area contributed by atoms with Gasteiger partial charge in [-0.1, -0.05) is 84.4 Å². The molecule has 470 valence electrons. The maximum absolute atomic E-state index is 11.3. The minimum absolute atomic E-state index is 0.138. The van der Waals surface area contributed by atoms with E-state index in [4.69, 9.17) is 17.1 Å². The lowest BCUT2D eigenvalue weighted by atomic mass is 10.2. The third-order valence-electron chi connectivity index (χ3n) is 13.0. The van der Waals surface area contributed by atoms with Crippen molar-refractivity contribution in [3.8, 4) is 12.1 Å². The molecule has 3 heterocycles. The molecule has 2 amide bonds. The Morgan fingerprint density at radius 3 is 0.719 bits per heavy atom. The van der Waals surface area contributed by atoms with Gasteiger partial charge in [0.1, 0.15) is 0 Å². The van der Waals surface area contributed by atoms with Crippen molar-refractivity contribution in [1.29, 1.82) is 10.5 Å². The number of rotatable bonds is 20. The summed E-state index contributed by atoms with van der Waals surface area (Å²) in [7, 11) is 0. The van der Waals surface area contributed by atoms with E-state index in [1.54, 1.807) is 97.1 Å². The number of para-hydroxylation sites is 3. The molecule has 3 aromatic heterocycles. The summed E-state index contributed by atoms with van der Waals surface area (Å²) >= 11 is 0. The summed E-state index contributed by atoms with van der Waals surface area (Å²) in [5.74, 6) is 2.93. The van der Waals surface area contributed by atoms with Gasteiger partial charge in [0.2, 0.25) is 65.3 Å². The maximum Gasteiger partial charge on any atom is 0.233 e. The zero-order valence-electron chi connectivity index (χ0n) is 51.7. The number of hydrogen-bond donors (Lipinski definition) is 11. The minimum Gasteiger partial charge on any atom is -0.326 e. The van der Waals surface area contributed by atoms with Crippen molar-refractivity contribution in [3.63, 3.8) is 0 Å². The molecule has 25 nitrogen and oxygen atoms in total. The lowest BCUT2D eigenvalue weighted by molar-refractivity contribution is -0.115. The molecule has 11 N–H and O–H groups in total. The number of benzene rings is 9. The summed E-state index contributed by atoms with van der Waals surface area (Å²) in [6.45, 7) is 12.0. The van der Waals surface area contributed by atoms with Crippen LogP contribution in [-0.2, 0) is 9.59 Å². The first-order valence-electron chi connectivity index (χ1n) is 29.5. The standard InChI is InChI=1S/C26H26N8O2.C24H15N9.C21H18N6/c1-16-4-6-21(7-5-16)29-24-32-25(30-22-12-8-19(9-13-22)27-17(2)35)34-26(33-24)31-23-14-10-20(11-15-23)28-18(3)36;1-27-18-10-12-21(13-11-18)30-24-32-22(28-19-6-2-16(14-25)3-7-19)31-23(33-24)29-20-8-4-17(15-26)5-9-20;1-4-10-16(11-5-1)22-19-25-20(23-17-12-6-2-7-13-17)27-21(26-19)24-18-14-8-3-9-15-18/h4-15H,1-3H3,(H,27,35)(H,28,36)(H3,29,30,31,32,33,34);2-13H,(H3,28,29,30,31,32,33);1-15H,(H3,22,23,24,25,26,27). The first-order valence-corrected chi connectivity index (χ1v) is 29.5. The Kier molecular flexibility index (Phi) is 21.8. The summed E-state index contributed by atoms with van der Waals surface area (Å²) in [6.07, 6.45) is 0. The van der Waals surface area contributed by atoms with Crippen molar-refractivity contribution >= 4 is 134 Å². The van der Waals surface area contributed by atoms with Crippen molar-refractivity contribution in [1.82, 2.24) is 44.9 Å². The number of carbonyl (C=O) groups excluding carboxylic acids is 2. The van der Waals surface area contributed by atoms with E-state index < -0.39 is 0 Å². The van der Waals surface area contributed by atoms with Gasteiger partial charge in [-0.2, -0.15) is 55.4 Å². The van der Waals surface area contributed by atoms with E-state index in [1.165, 1.54) is 13.8 Å². The first kappa shape index (κ1) is 64.6. The molecule has 25 heteroatoms. The Bertz CT molecular complexity index is 4280. The van der Waals surface area contributed by atoms with Gasteiger partial charge >= 0.3 is 0 Å². The van der Waals surface area contributed by atoms with Gasteiger partial charge in [0.05, 0.1) is 29.8 Å². The summed E-state index contributed by atoms with van der Waals surface area (Å²) in [5.41, 5.74) is 11.3. The molecule has 0 radical (unpaired) electrons. The summed E-state index contributed by atoms with van der Waals surface area (Å²) in [6, 6.07) is 76.5. The highest BCUT2D eigenvalue weighted by Gasteiger charge is 2.13. The van der Waals surface area contributed by atoms with Crippen LogP contribution in [0.15, 0.2) is 237 Å². The number of carbonyl (C=O) groups is 2. The van der Waals surface area contributed by atoms with E-state index >= 15 is 0 Å². The number of amides is 2. The number of hydrogen-bond acceptors (Lipinski definition) is 22. The molecule has 0 bridgehead atoms. The van der Waals surface area contributed by atoms with Crippen molar-refractivity contribution in [2.24, 2.45) is 0 Å². The molecule has 12 aromatic rings. The van der Waals surface area contributed by atoms with Crippen LogP contribution in [0.1, 0.15) is 30.5 Å². The normalized spacial score (nSPS) is 10.1.